The monoisotopic (exact) mass is 474 g/mol. The molecule has 1 aliphatic rings. The minimum atomic E-state index is -3.73. The zero-order valence-corrected chi connectivity index (χ0v) is 18.8. The number of benzene rings is 2. The average Bonchev–Trinajstić information content (AvgIpc) is 2.74. The van der Waals surface area contributed by atoms with Crippen LogP contribution in [0.2, 0.25) is 5.02 Å². The van der Waals surface area contributed by atoms with Crippen molar-refractivity contribution in [3.8, 4) is 5.75 Å². The fourth-order valence-electron chi connectivity index (χ4n) is 2.99. The van der Waals surface area contributed by atoms with Gasteiger partial charge in [-0.15, -0.1) is 0 Å². The van der Waals surface area contributed by atoms with Gasteiger partial charge in [0.2, 0.25) is 20.0 Å². The van der Waals surface area contributed by atoms with E-state index < -0.39 is 20.0 Å². The van der Waals surface area contributed by atoms with Crippen LogP contribution in [0.4, 0.5) is 0 Å². The molecule has 0 saturated carbocycles. The van der Waals surface area contributed by atoms with Gasteiger partial charge in [-0.3, -0.25) is 0 Å². The van der Waals surface area contributed by atoms with Gasteiger partial charge in [0.05, 0.1) is 35.1 Å². The Hall–Kier alpha value is -1.69. The third kappa shape index (κ3) is 5.32. The molecule has 1 heterocycles. The van der Waals surface area contributed by atoms with Crippen LogP contribution in [-0.2, 0) is 31.2 Å². The van der Waals surface area contributed by atoms with Crippen LogP contribution >= 0.6 is 11.6 Å². The molecule has 1 N–H and O–H groups in total. The van der Waals surface area contributed by atoms with Crippen molar-refractivity contribution >= 4 is 31.6 Å². The Kier molecular flexibility index (Phi) is 7.38. The van der Waals surface area contributed by atoms with Crippen molar-refractivity contribution in [2.24, 2.45) is 0 Å². The smallest absolute Gasteiger partial charge is 0.243 e. The number of halogens is 1. The van der Waals surface area contributed by atoms with Gasteiger partial charge in [0.1, 0.15) is 5.75 Å². The first-order chi connectivity index (χ1) is 14.2. The molecule has 0 aliphatic carbocycles. The number of methoxy groups -OCH3 is 1. The first-order valence-corrected chi connectivity index (χ1v) is 12.5. The van der Waals surface area contributed by atoms with Crippen molar-refractivity contribution in [3.63, 3.8) is 0 Å². The van der Waals surface area contributed by atoms with E-state index in [0.29, 0.717) is 38.5 Å². The van der Waals surface area contributed by atoms with Gasteiger partial charge in [-0.25, -0.2) is 21.6 Å². The average molecular weight is 475 g/mol. The molecule has 2 aromatic carbocycles. The highest BCUT2D eigenvalue weighted by atomic mass is 35.5. The first-order valence-electron chi connectivity index (χ1n) is 9.24. The van der Waals surface area contributed by atoms with Crippen LogP contribution in [0.5, 0.6) is 5.75 Å². The van der Waals surface area contributed by atoms with Crippen LogP contribution in [0, 0.1) is 0 Å². The lowest BCUT2D eigenvalue weighted by molar-refractivity contribution is 0.0730. The SMILES string of the molecule is COc1ccc(S(=O)(=O)NCCc2ccc(S(=O)(=O)N3CCOCC3)cc2)cc1Cl. The second kappa shape index (κ2) is 9.63. The van der Waals surface area contributed by atoms with Crippen LogP contribution in [0.15, 0.2) is 52.3 Å². The standard InChI is InChI=1S/C19H23ClN2O6S2/c1-27-19-7-6-17(14-18(19)20)29(23,24)21-9-8-15-2-4-16(5-3-15)30(25,26)22-10-12-28-13-11-22/h2-7,14,21H,8-13H2,1H3. The predicted molar refractivity (Wildman–Crippen MR) is 113 cm³/mol. The largest absolute Gasteiger partial charge is 0.495 e. The Labute approximate surface area is 181 Å². The van der Waals surface area contributed by atoms with Crippen molar-refractivity contribution in [1.82, 2.24) is 9.03 Å². The van der Waals surface area contributed by atoms with E-state index >= 15 is 0 Å². The third-order valence-electron chi connectivity index (χ3n) is 4.67. The van der Waals surface area contributed by atoms with Crippen molar-refractivity contribution < 1.29 is 26.3 Å². The summed E-state index contributed by atoms with van der Waals surface area (Å²) in [6.45, 7) is 1.59. The molecule has 1 aliphatic heterocycles. The molecular weight excluding hydrogens is 452 g/mol. The molecule has 1 saturated heterocycles. The molecule has 3 rings (SSSR count). The molecule has 0 amide bonds. The summed E-state index contributed by atoms with van der Waals surface area (Å²) >= 11 is 6.00. The predicted octanol–water partition coefficient (Wildman–Crippen LogP) is 1.89. The van der Waals surface area contributed by atoms with E-state index in [1.807, 2.05) is 0 Å². The fraction of sp³-hybridized carbons (Fsp3) is 0.368. The van der Waals surface area contributed by atoms with Gasteiger partial charge in [-0.1, -0.05) is 23.7 Å². The normalized spacial score (nSPS) is 15.8. The lowest BCUT2D eigenvalue weighted by atomic mass is 10.2. The topological polar surface area (TPSA) is 102 Å². The summed E-state index contributed by atoms with van der Waals surface area (Å²) in [4.78, 5) is 0.252. The Morgan fingerprint density at radius 1 is 1.03 bits per heavy atom. The number of morpholine rings is 1. The summed E-state index contributed by atoms with van der Waals surface area (Å²) in [6.07, 6.45) is 0.404. The van der Waals surface area contributed by atoms with E-state index in [1.165, 1.54) is 41.7 Å². The molecule has 0 spiro atoms. The second-order valence-electron chi connectivity index (χ2n) is 6.60. The molecule has 1 fully saturated rings. The van der Waals surface area contributed by atoms with Gasteiger partial charge < -0.3 is 9.47 Å². The molecule has 0 aromatic heterocycles. The maximum Gasteiger partial charge on any atom is 0.243 e. The third-order valence-corrected chi connectivity index (χ3v) is 8.34. The van der Waals surface area contributed by atoms with Crippen molar-refractivity contribution in [1.29, 1.82) is 0 Å². The summed E-state index contributed by atoms with van der Waals surface area (Å²) < 4.78 is 64.3. The second-order valence-corrected chi connectivity index (χ2v) is 10.7. The number of nitrogens with zero attached hydrogens (tertiary/aromatic N) is 1. The number of hydrogen-bond donors (Lipinski definition) is 1. The Morgan fingerprint density at radius 2 is 1.67 bits per heavy atom. The molecule has 0 radical (unpaired) electrons. The molecule has 30 heavy (non-hydrogen) atoms. The zero-order valence-electron chi connectivity index (χ0n) is 16.4. The summed E-state index contributed by atoms with van der Waals surface area (Å²) in [6, 6.07) is 10.7. The van der Waals surface area contributed by atoms with Crippen LogP contribution < -0.4 is 9.46 Å². The lowest BCUT2D eigenvalue weighted by Crippen LogP contribution is -2.40. The quantitative estimate of drug-likeness (QED) is 0.626. The zero-order chi connectivity index (χ0) is 21.8. The number of ether oxygens (including phenoxy) is 2. The van der Waals surface area contributed by atoms with Gasteiger partial charge in [-0.2, -0.15) is 4.31 Å². The maximum atomic E-state index is 12.6. The number of nitrogens with one attached hydrogen (secondary N) is 1. The molecule has 164 valence electrons. The fourth-order valence-corrected chi connectivity index (χ4v) is 5.78. The van der Waals surface area contributed by atoms with Gasteiger partial charge in [-0.05, 0) is 42.3 Å². The minimum Gasteiger partial charge on any atom is -0.495 e. The van der Waals surface area contributed by atoms with E-state index in [2.05, 4.69) is 4.72 Å². The van der Waals surface area contributed by atoms with E-state index in [-0.39, 0.29) is 21.4 Å². The Bertz CT molecular complexity index is 1080. The maximum absolute atomic E-state index is 12.6. The summed E-state index contributed by atoms with van der Waals surface area (Å²) in [5.74, 6) is 0.391. The molecule has 8 nitrogen and oxygen atoms in total. The van der Waals surface area contributed by atoms with Gasteiger partial charge in [0.25, 0.3) is 0 Å². The summed E-state index contributed by atoms with van der Waals surface area (Å²) in [5.41, 5.74) is 0.811. The molecule has 0 bridgehead atoms. The minimum absolute atomic E-state index is 0.0419. The Balaban J connectivity index is 1.60. The molecule has 0 unspecified atom stereocenters. The van der Waals surface area contributed by atoms with E-state index in [1.54, 1.807) is 12.1 Å². The van der Waals surface area contributed by atoms with Crippen molar-refractivity contribution in [2.45, 2.75) is 16.2 Å². The molecule has 0 atom stereocenters. The number of rotatable bonds is 8. The van der Waals surface area contributed by atoms with E-state index in [0.717, 1.165) is 5.56 Å². The van der Waals surface area contributed by atoms with Gasteiger partial charge >= 0.3 is 0 Å². The highest BCUT2D eigenvalue weighted by molar-refractivity contribution is 7.89. The van der Waals surface area contributed by atoms with E-state index in [9.17, 15) is 16.8 Å². The van der Waals surface area contributed by atoms with Gasteiger partial charge in [0, 0.05) is 19.6 Å². The Morgan fingerprint density at radius 3 is 2.27 bits per heavy atom. The molecule has 11 heteroatoms. The highest BCUT2D eigenvalue weighted by Crippen LogP contribution is 2.26. The van der Waals surface area contributed by atoms with Crippen LogP contribution in [0.3, 0.4) is 0 Å². The van der Waals surface area contributed by atoms with Crippen molar-refractivity contribution in [3.05, 3.63) is 53.1 Å². The number of sulfonamides is 2. The van der Waals surface area contributed by atoms with Crippen LogP contribution in [0.25, 0.3) is 0 Å². The lowest BCUT2D eigenvalue weighted by Gasteiger charge is -2.26. The summed E-state index contributed by atoms with van der Waals surface area (Å²) in [7, 11) is -5.83. The van der Waals surface area contributed by atoms with Crippen molar-refractivity contribution in [2.75, 3.05) is 40.0 Å². The highest BCUT2D eigenvalue weighted by Gasteiger charge is 2.26. The molecule has 2 aromatic rings. The van der Waals surface area contributed by atoms with E-state index in [4.69, 9.17) is 21.1 Å². The van der Waals surface area contributed by atoms with Crippen LogP contribution in [0.1, 0.15) is 5.56 Å². The number of hydrogen-bond acceptors (Lipinski definition) is 6. The summed E-state index contributed by atoms with van der Waals surface area (Å²) in [5, 5.41) is 0.206. The molecular formula is C19H23ClN2O6S2. The first kappa shape index (κ1) is 23.0. The van der Waals surface area contributed by atoms with Gasteiger partial charge in [0.15, 0.2) is 0 Å². The van der Waals surface area contributed by atoms with Crippen LogP contribution in [-0.4, -0.2) is 61.1 Å².